The summed E-state index contributed by atoms with van der Waals surface area (Å²) < 4.78 is 29.0. The highest BCUT2D eigenvalue weighted by molar-refractivity contribution is 7.86. The molecule has 1 amide bonds. The van der Waals surface area contributed by atoms with Crippen LogP contribution in [0.15, 0.2) is 6.33 Å². The Bertz CT molecular complexity index is 722. The zero-order chi connectivity index (χ0) is 18.9. The van der Waals surface area contributed by atoms with Crippen LogP contribution in [0.2, 0.25) is 0 Å². The van der Waals surface area contributed by atoms with E-state index in [2.05, 4.69) is 15.5 Å². The average Bonchev–Trinajstić information content (AvgIpc) is 3.27. The standard InChI is InChI=1S/C15H27N7O3S/c1-19(2)26(24,25)20(3)14-8-12-4-6-21(10-13(12)9-14)15(23)5-7-22-11-16-17-18-22/h11-14H,4-10H2,1-3H3/t12-,13-,14+/m1/s1. The van der Waals surface area contributed by atoms with Gasteiger partial charge in [0.15, 0.2) is 0 Å². The first-order chi connectivity index (χ1) is 12.3. The van der Waals surface area contributed by atoms with Crippen LogP contribution >= 0.6 is 0 Å². The monoisotopic (exact) mass is 385 g/mol. The Morgan fingerprint density at radius 1 is 1.23 bits per heavy atom. The molecule has 1 aromatic heterocycles. The number of piperidine rings is 1. The van der Waals surface area contributed by atoms with E-state index in [0.29, 0.717) is 31.3 Å². The van der Waals surface area contributed by atoms with Crippen molar-refractivity contribution in [2.45, 2.75) is 38.3 Å². The van der Waals surface area contributed by atoms with E-state index in [0.717, 1.165) is 25.8 Å². The Hall–Kier alpha value is -1.59. The second-order valence-electron chi connectivity index (χ2n) is 7.40. The SMILES string of the molecule is CN(C)S(=O)(=O)N(C)[C@H]1C[C@H]2CCN(C(=O)CCn3cnnn3)C[C@H]2C1. The lowest BCUT2D eigenvalue weighted by Crippen LogP contribution is -2.43. The topological polar surface area (TPSA) is 105 Å². The molecule has 3 rings (SSSR count). The van der Waals surface area contributed by atoms with Gasteiger partial charge in [0.05, 0.1) is 6.54 Å². The minimum Gasteiger partial charge on any atom is -0.342 e. The maximum atomic E-state index is 12.5. The van der Waals surface area contributed by atoms with Crippen LogP contribution in [0.1, 0.15) is 25.7 Å². The van der Waals surface area contributed by atoms with Gasteiger partial charge < -0.3 is 4.90 Å². The molecule has 1 aromatic rings. The number of nitrogens with zero attached hydrogens (tertiary/aromatic N) is 7. The van der Waals surface area contributed by atoms with Crippen molar-refractivity contribution in [2.75, 3.05) is 34.2 Å². The van der Waals surface area contributed by atoms with Gasteiger partial charge in [-0.3, -0.25) is 4.79 Å². The van der Waals surface area contributed by atoms with Crippen LogP contribution in [0.3, 0.4) is 0 Å². The number of amides is 1. The average molecular weight is 385 g/mol. The Labute approximate surface area is 154 Å². The van der Waals surface area contributed by atoms with Gasteiger partial charge in [-0.2, -0.15) is 17.0 Å². The van der Waals surface area contributed by atoms with Crippen molar-refractivity contribution in [3.8, 4) is 0 Å². The molecule has 0 N–H and O–H groups in total. The Morgan fingerprint density at radius 3 is 2.62 bits per heavy atom. The lowest BCUT2D eigenvalue weighted by molar-refractivity contribution is -0.133. The number of likely N-dealkylation sites (tertiary alicyclic amines) is 1. The van der Waals surface area contributed by atoms with Crippen molar-refractivity contribution < 1.29 is 13.2 Å². The van der Waals surface area contributed by atoms with Crippen molar-refractivity contribution in [3.05, 3.63) is 6.33 Å². The molecule has 1 aliphatic heterocycles. The second-order valence-corrected chi connectivity index (χ2v) is 9.61. The van der Waals surface area contributed by atoms with Crippen LogP contribution in [-0.2, 0) is 21.5 Å². The number of aryl methyl sites for hydroxylation is 1. The largest absolute Gasteiger partial charge is 0.342 e. The number of rotatable bonds is 6. The van der Waals surface area contributed by atoms with Crippen LogP contribution in [-0.4, -0.2) is 88.3 Å². The first-order valence-corrected chi connectivity index (χ1v) is 10.3. The zero-order valence-electron chi connectivity index (χ0n) is 15.5. The van der Waals surface area contributed by atoms with E-state index in [9.17, 15) is 13.2 Å². The molecule has 0 spiro atoms. The molecule has 10 nitrogen and oxygen atoms in total. The fourth-order valence-electron chi connectivity index (χ4n) is 4.07. The minimum atomic E-state index is -3.40. The summed E-state index contributed by atoms with van der Waals surface area (Å²) in [5.74, 6) is 0.964. The second kappa shape index (κ2) is 7.57. The molecule has 0 radical (unpaired) electrons. The summed E-state index contributed by atoms with van der Waals surface area (Å²) in [6.45, 7) is 1.93. The predicted octanol–water partition coefficient (Wildman–Crippen LogP) is -0.571. The van der Waals surface area contributed by atoms with Gasteiger partial charge in [0, 0.05) is 46.7 Å². The lowest BCUT2D eigenvalue weighted by Gasteiger charge is -2.35. The fourth-order valence-corrected chi connectivity index (χ4v) is 5.14. The number of tetrazole rings is 1. The molecule has 0 bridgehead atoms. The Balaban J connectivity index is 1.55. The third-order valence-electron chi connectivity index (χ3n) is 5.68. The molecule has 1 aliphatic carbocycles. The van der Waals surface area contributed by atoms with Crippen molar-refractivity contribution in [2.24, 2.45) is 11.8 Å². The Morgan fingerprint density at radius 2 is 1.96 bits per heavy atom. The van der Waals surface area contributed by atoms with E-state index in [4.69, 9.17) is 0 Å². The number of fused-ring (bicyclic) bond motifs is 1. The number of hydrogen-bond donors (Lipinski definition) is 0. The molecular formula is C15H27N7O3S. The van der Waals surface area contributed by atoms with Crippen LogP contribution in [0.25, 0.3) is 0 Å². The first-order valence-electron chi connectivity index (χ1n) is 8.93. The third kappa shape index (κ3) is 3.89. The smallest absolute Gasteiger partial charge is 0.281 e. The summed E-state index contributed by atoms with van der Waals surface area (Å²) in [5, 5.41) is 10.9. The quantitative estimate of drug-likeness (QED) is 0.649. The molecule has 146 valence electrons. The highest BCUT2D eigenvalue weighted by atomic mass is 32.2. The molecule has 3 atom stereocenters. The van der Waals surface area contributed by atoms with Gasteiger partial charge in [-0.15, -0.1) is 5.10 Å². The van der Waals surface area contributed by atoms with Crippen molar-refractivity contribution >= 4 is 16.1 Å². The molecule has 1 saturated carbocycles. The van der Waals surface area contributed by atoms with Crippen LogP contribution < -0.4 is 0 Å². The maximum Gasteiger partial charge on any atom is 0.281 e. The van der Waals surface area contributed by atoms with Gasteiger partial charge in [-0.05, 0) is 41.5 Å². The molecule has 1 saturated heterocycles. The molecule has 0 unspecified atom stereocenters. The molecule has 2 heterocycles. The van der Waals surface area contributed by atoms with E-state index >= 15 is 0 Å². The van der Waals surface area contributed by atoms with Crippen LogP contribution in [0.4, 0.5) is 0 Å². The summed E-state index contributed by atoms with van der Waals surface area (Å²) >= 11 is 0. The molecule has 26 heavy (non-hydrogen) atoms. The van der Waals surface area contributed by atoms with E-state index in [1.165, 1.54) is 14.9 Å². The predicted molar refractivity (Wildman–Crippen MR) is 94.0 cm³/mol. The van der Waals surface area contributed by atoms with E-state index in [1.807, 2.05) is 4.90 Å². The molecule has 11 heteroatoms. The summed E-state index contributed by atoms with van der Waals surface area (Å²) in [6.07, 6.45) is 4.50. The highest BCUT2D eigenvalue weighted by Crippen LogP contribution is 2.40. The van der Waals surface area contributed by atoms with Gasteiger partial charge in [0.25, 0.3) is 10.2 Å². The maximum absolute atomic E-state index is 12.5. The molecule has 2 fully saturated rings. The van der Waals surface area contributed by atoms with Crippen molar-refractivity contribution in [3.63, 3.8) is 0 Å². The van der Waals surface area contributed by atoms with Crippen LogP contribution in [0.5, 0.6) is 0 Å². The number of carbonyl (C=O) groups excluding carboxylic acids is 1. The first kappa shape index (κ1) is 19.2. The minimum absolute atomic E-state index is 0.00803. The number of hydrogen-bond acceptors (Lipinski definition) is 6. The van der Waals surface area contributed by atoms with Gasteiger partial charge in [0.1, 0.15) is 6.33 Å². The van der Waals surface area contributed by atoms with E-state index in [-0.39, 0.29) is 11.9 Å². The summed E-state index contributed by atoms with van der Waals surface area (Å²) in [4.78, 5) is 14.4. The van der Waals surface area contributed by atoms with Gasteiger partial charge in [-0.1, -0.05) is 0 Å². The summed E-state index contributed by atoms with van der Waals surface area (Å²) in [7, 11) is 1.37. The van der Waals surface area contributed by atoms with Crippen molar-refractivity contribution in [1.29, 1.82) is 0 Å². The zero-order valence-corrected chi connectivity index (χ0v) is 16.3. The molecular weight excluding hydrogens is 358 g/mol. The third-order valence-corrected chi connectivity index (χ3v) is 7.63. The summed E-state index contributed by atoms with van der Waals surface area (Å²) in [6, 6.07) is 0.00803. The van der Waals surface area contributed by atoms with Gasteiger partial charge >= 0.3 is 0 Å². The number of carbonyl (C=O) groups is 1. The fraction of sp³-hybridized carbons (Fsp3) is 0.867. The van der Waals surface area contributed by atoms with Crippen LogP contribution in [0, 0.1) is 11.8 Å². The number of aromatic nitrogens is 4. The van der Waals surface area contributed by atoms with Gasteiger partial charge in [0.2, 0.25) is 5.91 Å². The highest BCUT2D eigenvalue weighted by Gasteiger charge is 2.43. The normalized spacial score (nSPS) is 26.5. The van der Waals surface area contributed by atoms with E-state index < -0.39 is 10.2 Å². The van der Waals surface area contributed by atoms with Crippen molar-refractivity contribution in [1.82, 2.24) is 33.7 Å². The lowest BCUT2D eigenvalue weighted by atomic mass is 9.88. The van der Waals surface area contributed by atoms with Gasteiger partial charge in [-0.25, -0.2) is 4.68 Å². The Kier molecular flexibility index (Phi) is 5.58. The summed E-state index contributed by atoms with van der Waals surface area (Å²) in [5.41, 5.74) is 0. The molecule has 2 aliphatic rings. The van der Waals surface area contributed by atoms with E-state index in [1.54, 1.807) is 25.8 Å². The molecule has 0 aromatic carbocycles.